The summed E-state index contributed by atoms with van der Waals surface area (Å²) >= 11 is -0.253. The summed E-state index contributed by atoms with van der Waals surface area (Å²) in [6.45, 7) is 10.8. The van der Waals surface area contributed by atoms with Crippen LogP contribution in [0.1, 0.15) is 79.1 Å². The first kappa shape index (κ1) is 23.0. The maximum atomic E-state index is 5.74. The van der Waals surface area contributed by atoms with Crippen LogP contribution in [0.5, 0.6) is 0 Å². The fourth-order valence-electron chi connectivity index (χ4n) is 2.20. The number of rotatable bonds is 14. The van der Waals surface area contributed by atoms with Crippen LogP contribution in [0.3, 0.4) is 0 Å². The second-order valence-corrected chi connectivity index (χ2v) is 6.46. The molecule has 0 N–H and O–H groups in total. The van der Waals surface area contributed by atoms with Crippen molar-refractivity contribution in [3.05, 3.63) is 0 Å². The van der Waals surface area contributed by atoms with Crippen LogP contribution in [-0.4, -0.2) is 29.1 Å². The van der Waals surface area contributed by atoms with Crippen molar-refractivity contribution >= 4 is 15.9 Å². The molecule has 0 radical (unpaired) electrons. The average Bonchev–Trinajstić information content (AvgIpc) is 2.45. The maximum Gasteiger partial charge on any atom is -1.00 e. The van der Waals surface area contributed by atoms with Gasteiger partial charge >= 0.3 is 128 Å². The Balaban J connectivity index is 0. The Morgan fingerprint density at radius 3 is 1.45 bits per heavy atom. The first-order valence-electron chi connectivity index (χ1n) is 8.33. The molecule has 4 heteroatoms. The van der Waals surface area contributed by atoms with Crippen molar-refractivity contribution in [1.29, 1.82) is 0 Å². The minimum Gasteiger partial charge on any atom is -1.00 e. The van der Waals surface area contributed by atoms with Gasteiger partial charge in [0.15, 0.2) is 0 Å². The van der Waals surface area contributed by atoms with Crippen molar-refractivity contribution in [2.24, 2.45) is 11.8 Å². The van der Waals surface area contributed by atoms with Crippen LogP contribution in [0, 0.1) is 11.8 Å². The molecule has 20 heavy (non-hydrogen) atoms. The monoisotopic (exact) mass is 320 g/mol. The Bertz CT molecular complexity index is 164. The summed E-state index contributed by atoms with van der Waals surface area (Å²) in [5.74, 6) is 1.47. The van der Waals surface area contributed by atoms with E-state index >= 15 is 0 Å². The molecule has 0 aliphatic carbocycles. The van der Waals surface area contributed by atoms with Crippen molar-refractivity contribution < 1.29 is 20.0 Å². The zero-order valence-electron chi connectivity index (χ0n) is 14.0. The molecule has 0 bridgehead atoms. The molecule has 0 fully saturated rings. The van der Waals surface area contributed by atoms with Gasteiger partial charge < -0.3 is 12.4 Å². The largest absolute Gasteiger partial charge is 1.00 e. The second-order valence-electron chi connectivity index (χ2n) is 5.60. The molecule has 0 rings (SSSR count). The molecule has 0 aromatic rings. The van der Waals surface area contributed by atoms with Gasteiger partial charge in [0.2, 0.25) is 0 Å². The Labute approximate surface area is 140 Å². The summed E-state index contributed by atoms with van der Waals surface area (Å²) in [5, 5.41) is 0. The van der Waals surface area contributed by atoms with E-state index < -0.39 is 0 Å². The van der Waals surface area contributed by atoms with Gasteiger partial charge in [-0.2, -0.15) is 0 Å². The number of hydrogen-bond donors (Lipinski definition) is 0. The van der Waals surface area contributed by atoms with Crippen molar-refractivity contribution in [2.45, 2.75) is 79.1 Å². The van der Waals surface area contributed by atoms with Gasteiger partial charge in [-0.15, -0.1) is 0 Å². The molecule has 0 saturated carbocycles. The van der Waals surface area contributed by atoms with Crippen LogP contribution in [0.15, 0.2) is 0 Å². The van der Waals surface area contributed by atoms with Crippen LogP contribution in [0.2, 0.25) is 0 Å². The van der Waals surface area contributed by atoms with E-state index in [1.54, 1.807) is 0 Å². The van der Waals surface area contributed by atoms with Crippen molar-refractivity contribution in [2.75, 3.05) is 13.2 Å². The first-order chi connectivity index (χ1) is 9.28. The third-order valence-electron chi connectivity index (χ3n) is 3.89. The molecule has 0 spiro atoms. The first-order valence-corrected chi connectivity index (χ1v) is 9.27. The van der Waals surface area contributed by atoms with Gasteiger partial charge in [-0.3, -0.25) is 0 Å². The fraction of sp³-hybridized carbons (Fsp3) is 1.00. The van der Waals surface area contributed by atoms with Gasteiger partial charge in [0.05, 0.1) is 0 Å². The SMILES string of the molecule is CCCCC(CC)C[O][Al+][O]CC(CC)CCCC.[Cl-]. The molecule has 0 amide bonds. The fourth-order valence-corrected chi connectivity index (χ4v) is 2.99. The molecule has 2 nitrogen and oxygen atoms in total. The molecule has 120 valence electrons. The molecule has 2 unspecified atom stereocenters. The third kappa shape index (κ3) is 13.7. The summed E-state index contributed by atoms with van der Waals surface area (Å²) in [6, 6.07) is 0. The molecule has 0 aromatic heterocycles. The Kier molecular flexibility index (Phi) is 20.5. The predicted octanol–water partition coefficient (Wildman–Crippen LogP) is 1.99. The van der Waals surface area contributed by atoms with E-state index in [-0.39, 0.29) is 28.3 Å². The third-order valence-corrected chi connectivity index (χ3v) is 4.54. The number of halogens is 1. The van der Waals surface area contributed by atoms with Crippen LogP contribution in [0.4, 0.5) is 0 Å². The van der Waals surface area contributed by atoms with Gasteiger partial charge in [-0.25, -0.2) is 0 Å². The van der Waals surface area contributed by atoms with E-state index in [0.29, 0.717) is 0 Å². The Morgan fingerprint density at radius 1 is 0.750 bits per heavy atom. The van der Waals surface area contributed by atoms with E-state index in [2.05, 4.69) is 27.7 Å². The summed E-state index contributed by atoms with van der Waals surface area (Å²) in [5.41, 5.74) is 0. The molecule has 0 aliphatic rings. The second kappa shape index (κ2) is 17.8. The van der Waals surface area contributed by atoms with Crippen LogP contribution < -0.4 is 12.4 Å². The maximum absolute atomic E-state index is 5.74. The summed E-state index contributed by atoms with van der Waals surface area (Å²) < 4.78 is 11.5. The molecular weight excluding hydrogens is 287 g/mol. The quantitative estimate of drug-likeness (QED) is 0.360. The van der Waals surface area contributed by atoms with Crippen LogP contribution >= 0.6 is 0 Å². The van der Waals surface area contributed by atoms with Gasteiger partial charge in [0.1, 0.15) is 0 Å². The minimum absolute atomic E-state index is 0. The molecule has 0 aromatic carbocycles. The van der Waals surface area contributed by atoms with Gasteiger partial charge in [0, 0.05) is 0 Å². The van der Waals surface area contributed by atoms with E-state index in [0.717, 1.165) is 25.0 Å². The number of hydrogen-bond acceptors (Lipinski definition) is 2. The Morgan fingerprint density at radius 2 is 1.15 bits per heavy atom. The van der Waals surface area contributed by atoms with Gasteiger partial charge in [-0.05, 0) is 0 Å². The van der Waals surface area contributed by atoms with Crippen LogP contribution in [-0.2, 0) is 7.58 Å². The summed E-state index contributed by atoms with van der Waals surface area (Å²) in [7, 11) is 0. The van der Waals surface area contributed by atoms with Gasteiger partial charge in [-0.1, -0.05) is 0 Å². The summed E-state index contributed by atoms with van der Waals surface area (Å²) in [4.78, 5) is 0. The molecule has 0 heterocycles. The smallest absolute Gasteiger partial charge is 1.00 e. The zero-order valence-corrected chi connectivity index (χ0v) is 15.9. The Hall–Kier alpha value is 0.742. The van der Waals surface area contributed by atoms with Crippen molar-refractivity contribution in [3.63, 3.8) is 0 Å². The number of unbranched alkanes of at least 4 members (excludes halogenated alkanes) is 2. The minimum atomic E-state index is -0.253. The average molecular weight is 321 g/mol. The predicted molar refractivity (Wildman–Crippen MR) is 84.3 cm³/mol. The standard InChI is InChI=1S/2C8H17O.Al.ClH/c2*1-3-5-6-8(4-2)7-9;;/h2*8H,3-7H2,1-2H3;;1H/q2*-1;+3;/p-1. The zero-order chi connectivity index (χ0) is 14.3. The van der Waals surface area contributed by atoms with E-state index in [4.69, 9.17) is 7.58 Å². The van der Waals surface area contributed by atoms with E-state index in [1.165, 1.54) is 51.4 Å². The topological polar surface area (TPSA) is 18.5 Å². The van der Waals surface area contributed by atoms with Crippen molar-refractivity contribution in [3.8, 4) is 0 Å². The molecule has 0 saturated heterocycles. The van der Waals surface area contributed by atoms with E-state index in [9.17, 15) is 0 Å². The van der Waals surface area contributed by atoms with Crippen molar-refractivity contribution in [1.82, 2.24) is 0 Å². The molecular formula is C16H34AlClO2. The normalized spacial score (nSPS) is 13.4. The van der Waals surface area contributed by atoms with Crippen LogP contribution in [0.25, 0.3) is 0 Å². The van der Waals surface area contributed by atoms with E-state index in [1.807, 2.05) is 0 Å². The molecule has 0 aliphatic heterocycles. The van der Waals surface area contributed by atoms with Gasteiger partial charge in [0.25, 0.3) is 0 Å². The molecule has 2 atom stereocenters. The summed E-state index contributed by atoms with van der Waals surface area (Å²) in [6.07, 6.45) is 10.3.